The first kappa shape index (κ1) is 22.8. The van der Waals surface area contributed by atoms with Crippen LogP contribution in [0.1, 0.15) is 90.0 Å². The monoisotopic (exact) mass is 423 g/mol. The lowest BCUT2D eigenvalue weighted by atomic mass is 9.94. The number of unbranched alkanes of at least 4 members (excludes halogenated alkanes) is 2. The van der Waals surface area contributed by atoms with E-state index < -0.39 is 5.92 Å². The Hall–Kier alpha value is -1.85. The van der Waals surface area contributed by atoms with Crippen LogP contribution in [0.5, 0.6) is 5.75 Å². The minimum atomic E-state index is -2.55. The molecule has 6 heteroatoms. The van der Waals surface area contributed by atoms with Gasteiger partial charge in [0.15, 0.2) is 0 Å². The third-order valence-electron chi connectivity index (χ3n) is 6.32. The van der Waals surface area contributed by atoms with Crippen molar-refractivity contribution < 1.29 is 23.0 Å². The second kappa shape index (κ2) is 9.97. The largest absolute Gasteiger partial charge is 0.490 e. The molecule has 0 bridgehead atoms. The number of alkyl carbamates (subject to hydrolysis) is 1. The van der Waals surface area contributed by atoms with Crippen molar-refractivity contribution in [2.45, 2.75) is 108 Å². The van der Waals surface area contributed by atoms with Gasteiger partial charge in [-0.25, -0.2) is 13.6 Å². The van der Waals surface area contributed by atoms with E-state index in [0.717, 1.165) is 50.5 Å². The Morgan fingerprint density at radius 1 is 1.10 bits per heavy atom. The van der Waals surface area contributed by atoms with Gasteiger partial charge in [-0.15, -0.1) is 0 Å². The molecule has 0 heterocycles. The number of hydrogen-bond acceptors (Lipinski definition) is 3. The van der Waals surface area contributed by atoms with Gasteiger partial charge < -0.3 is 14.8 Å². The molecule has 0 spiro atoms. The first-order valence-corrected chi connectivity index (χ1v) is 11.5. The molecule has 0 aliphatic heterocycles. The molecule has 1 N–H and O–H groups in total. The average molecular weight is 424 g/mol. The maximum atomic E-state index is 13.3. The van der Waals surface area contributed by atoms with Gasteiger partial charge in [0, 0.05) is 12.8 Å². The van der Waals surface area contributed by atoms with E-state index in [9.17, 15) is 13.6 Å². The van der Waals surface area contributed by atoms with Crippen molar-refractivity contribution in [1.82, 2.24) is 5.32 Å². The molecule has 1 aromatic rings. The van der Waals surface area contributed by atoms with E-state index >= 15 is 0 Å². The number of rotatable bonds is 10. The van der Waals surface area contributed by atoms with Gasteiger partial charge in [0.25, 0.3) is 0 Å². The summed E-state index contributed by atoms with van der Waals surface area (Å²) in [6.45, 7) is 4.21. The van der Waals surface area contributed by atoms with E-state index in [1.54, 1.807) is 0 Å². The standard InChI is InChI=1S/C24H35F2NO3/c1-3-5-6-7-19(4-2)30-22(28)27-23(16-17-23)18-8-10-20(11-9-18)29-21-12-14-24(25,26)15-13-21/h8-11,19,21H,3-7,12-17H2,1-2H3,(H,27,28). The van der Waals surface area contributed by atoms with Gasteiger partial charge in [0.1, 0.15) is 11.9 Å². The molecule has 1 unspecified atom stereocenters. The molecule has 2 aliphatic rings. The van der Waals surface area contributed by atoms with Crippen LogP contribution in [-0.4, -0.2) is 24.2 Å². The summed E-state index contributed by atoms with van der Waals surface area (Å²) in [5.74, 6) is -1.86. The fraction of sp³-hybridized carbons (Fsp3) is 0.708. The summed E-state index contributed by atoms with van der Waals surface area (Å²) in [4.78, 5) is 12.4. The minimum Gasteiger partial charge on any atom is -0.490 e. The topological polar surface area (TPSA) is 47.6 Å². The van der Waals surface area contributed by atoms with Crippen molar-refractivity contribution in [1.29, 1.82) is 0 Å². The zero-order valence-corrected chi connectivity index (χ0v) is 18.2. The predicted molar refractivity (Wildman–Crippen MR) is 113 cm³/mol. The zero-order valence-electron chi connectivity index (χ0n) is 18.2. The first-order chi connectivity index (χ1) is 14.4. The van der Waals surface area contributed by atoms with Crippen LogP contribution in [0.25, 0.3) is 0 Å². The number of alkyl halides is 2. The third-order valence-corrected chi connectivity index (χ3v) is 6.32. The number of carbonyl (C=O) groups excluding carboxylic acids is 1. The van der Waals surface area contributed by atoms with Gasteiger partial charge >= 0.3 is 6.09 Å². The number of ether oxygens (including phenoxy) is 2. The van der Waals surface area contributed by atoms with Crippen molar-refractivity contribution in [3.63, 3.8) is 0 Å². The van der Waals surface area contributed by atoms with Crippen LogP contribution < -0.4 is 10.1 Å². The Bertz CT molecular complexity index is 678. The zero-order chi connectivity index (χ0) is 21.6. The highest BCUT2D eigenvalue weighted by Crippen LogP contribution is 2.46. The van der Waals surface area contributed by atoms with Gasteiger partial charge in [-0.05, 0) is 62.6 Å². The van der Waals surface area contributed by atoms with E-state index in [1.807, 2.05) is 31.2 Å². The van der Waals surface area contributed by atoms with Crippen LogP contribution in [0.2, 0.25) is 0 Å². The summed E-state index contributed by atoms with van der Waals surface area (Å²) in [5.41, 5.74) is 0.672. The summed E-state index contributed by atoms with van der Waals surface area (Å²) >= 11 is 0. The molecular formula is C24H35F2NO3. The third kappa shape index (κ3) is 6.32. The number of amides is 1. The first-order valence-electron chi connectivity index (χ1n) is 11.5. The molecule has 0 saturated heterocycles. The molecule has 3 rings (SSSR count). The van der Waals surface area contributed by atoms with E-state index in [4.69, 9.17) is 9.47 Å². The Balaban J connectivity index is 1.50. The maximum absolute atomic E-state index is 13.3. The van der Waals surface area contributed by atoms with E-state index in [2.05, 4.69) is 12.2 Å². The normalized spacial score (nSPS) is 20.9. The van der Waals surface area contributed by atoms with Gasteiger partial charge in [-0.1, -0.05) is 38.8 Å². The van der Waals surface area contributed by atoms with Gasteiger partial charge in [0.05, 0.1) is 11.6 Å². The molecule has 168 valence electrons. The van der Waals surface area contributed by atoms with Crippen LogP contribution in [0.15, 0.2) is 24.3 Å². The fourth-order valence-corrected chi connectivity index (χ4v) is 4.13. The molecule has 1 aromatic carbocycles. The summed E-state index contributed by atoms with van der Waals surface area (Å²) < 4.78 is 38.1. The molecule has 4 nitrogen and oxygen atoms in total. The van der Waals surface area contributed by atoms with Gasteiger partial charge in [-0.3, -0.25) is 0 Å². The number of hydrogen-bond donors (Lipinski definition) is 1. The summed E-state index contributed by atoms with van der Waals surface area (Å²) in [5, 5.41) is 3.06. The lowest BCUT2D eigenvalue weighted by Gasteiger charge is -2.28. The average Bonchev–Trinajstić information content (AvgIpc) is 3.50. The van der Waals surface area contributed by atoms with Crippen molar-refractivity contribution in [3.8, 4) is 5.75 Å². The second-order valence-electron chi connectivity index (χ2n) is 8.84. The molecule has 2 saturated carbocycles. The number of benzene rings is 1. The lowest BCUT2D eigenvalue weighted by molar-refractivity contribution is -0.0582. The summed E-state index contributed by atoms with van der Waals surface area (Å²) in [7, 11) is 0. The minimum absolute atomic E-state index is 0.0361. The Morgan fingerprint density at radius 2 is 1.77 bits per heavy atom. The molecule has 1 amide bonds. The van der Waals surface area contributed by atoms with Crippen molar-refractivity contribution in [2.75, 3.05) is 0 Å². The highest BCUT2D eigenvalue weighted by atomic mass is 19.3. The second-order valence-corrected chi connectivity index (χ2v) is 8.84. The molecule has 2 fully saturated rings. The molecular weight excluding hydrogens is 388 g/mol. The van der Waals surface area contributed by atoms with Crippen LogP contribution in [0.4, 0.5) is 13.6 Å². The molecule has 0 radical (unpaired) electrons. The highest BCUT2D eigenvalue weighted by molar-refractivity contribution is 5.69. The smallest absolute Gasteiger partial charge is 0.408 e. The van der Waals surface area contributed by atoms with Crippen molar-refractivity contribution in [2.24, 2.45) is 0 Å². The fourth-order valence-electron chi connectivity index (χ4n) is 4.13. The lowest BCUT2D eigenvalue weighted by Crippen LogP contribution is -2.37. The SMILES string of the molecule is CCCCCC(CC)OC(=O)NC1(c2ccc(OC3CCC(F)(F)CC3)cc2)CC1. The van der Waals surface area contributed by atoms with E-state index in [1.165, 1.54) is 0 Å². The van der Waals surface area contributed by atoms with Gasteiger partial charge in [-0.2, -0.15) is 0 Å². The Labute approximate surface area is 178 Å². The summed E-state index contributed by atoms with van der Waals surface area (Å²) in [6.07, 6.45) is 6.88. The molecule has 2 aliphatic carbocycles. The van der Waals surface area contributed by atoms with E-state index in [0.29, 0.717) is 18.6 Å². The Morgan fingerprint density at radius 3 is 2.33 bits per heavy atom. The Kier molecular flexibility index (Phi) is 7.59. The highest BCUT2D eigenvalue weighted by Gasteiger charge is 2.46. The van der Waals surface area contributed by atoms with Crippen molar-refractivity contribution in [3.05, 3.63) is 29.8 Å². The number of carbonyl (C=O) groups is 1. The van der Waals surface area contributed by atoms with Gasteiger partial charge in [0.2, 0.25) is 5.92 Å². The van der Waals surface area contributed by atoms with Crippen LogP contribution in [0, 0.1) is 0 Å². The van der Waals surface area contributed by atoms with Crippen LogP contribution in [-0.2, 0) is 10.3 Å². The quantitative estimate of drug-likeness (QED) is 0.425. The van der Waals surface area contributed by atoms with E-state index in [-0.39, 0.29) is 36.7 Å². The number of nitrogens with one attached hydrogen (secondary N) is 1. The molecule has 1 atom stereocenters. The van der Waals surface area contributed by atoms with Crippen molar-refractivity contribution >= 4 is 6.09 Å². The van der Waals surface area contributed by atoms with Crippen LogP contribution >= 0.6 is 0 Å². The summed E-state index contributed by atoms with van der Waals surface area (Å²) in [6, 6.07) is 7.65. The maximum Gasteiger partial charge on any atom is 0.408 e. The molecule has 0 aromatic heterocycles. The molecule has 30 heavy (non-hydrogen) atoms. The predicted octanol–water partition coefficient (Wildman–Crippen LogP) is 6.72. The van der Waals surface area contributed by atoms with Crippen LogP contribution in [0.3, 0.4) is 0 Å². The number of halogens is 2.